The van der Waals surface area contributed by atoms with Gasteiger partial charge in [0.1, 0.15) is 5.69 Å². The van der Waals surface area contributed by atoms with Gasteiger partial charge in [-0.05, 0) is 6.07 Å². The predicted molar refractivity (Wildman–Crippen MR) is 36.4 cm³/mol. The van der Waals surface area contributed by atoms with Crippen molar-refractivity contribution in [1.29, 1.82) is 0 Å². The van der Waals surface area contributed by atoms with Crippen LogP contribution in [0.3, 0.4) is 0 Å². The quantitative estimate of drug-likeness (QED) is 0.641. The summed E-state index contributed by atoms with van der Waals surface area (Å²) in [4.78, 5) is 12.4. The van der Waals surface area contributed by atoms with Crippen LogP contribution in [0.15, 0.2) is 16.9 Å². The topological polar surface area (TPSA) is 58.9 Å². The summed E-state index contributed by atoms with van der Waals surface area (Å²) in [6.45, 7) is 0. The third-order valence-electron chi connectivity index (χ3n) is 1.20. The van der Waals surface area contributed by atoms with E-state index in [1.807, 2.05) is 4.98 Å². The van der Waals surface area contributed by atoms with Crippen molar-refractivity contribution in [2.75, 3.05) is 5.73 Å². The molecule has 0 unspecified atom stereocenters. The number of hydrogen-bond acceptors (Lipinski definition) is 2. The molecule has 0 radical (unpaired) electrons. The Morgan fingerprint density at radius 2 is 2.09 bits per heavy atom. The molecule has 0 aliphatic heterocycles. The van der Waals surface area contributed by atoms with Crippen molar-refractivity contribution in [3.05, 3.63) is 28.2 Å². The van der Waals surface area contributed by atoms with E-state index in [9.17, 15) is 13.6 Å². The van der Waals surface area contributed by atoms with E-state index in [1.54, 1.807) is 0 Å². The van der Waals surface area contributed by atoms with E-state index < -0.39 is 17.7 Å². The van der Waals surface area contributed by atoms with Gasteiger partial charge in [-0.3, -0.25) is 4.79 Å². The highest BCUT2D eigenvalue weighted by molar-refractivity contribution is 5.42. The van der Waals surface area contributed by atoms with Crippen LogP contribution in [0.4, 0.5) is 14.5 Å². The molecular weight excluding hydrogens is 154 g/mol. The average molecular weight is 160 g/mol. The molecule has 5 heteroatoms. The first-order valence-corrected chi connectivity index (χ1v) is 2.88. The molecule has 0 fully saturated rings. The average Bonchev–Trinajstić information content (AvgIpc) is 1.94. The Bertz CT molecular complexity index is 308. The van der Waals surface area contributed by atoms with Gasteiger partial charge in [-0.15, -0.1) is 0 Å². The zero-order chi connectivity index (χ0) is 8.43. The Balaban J connectivity index is 3.23. The molecule has 1 aromatic rings. The summed E-state index contributed by atoms with van der Waals surface area (Å²) in [5.41, 5.74) is 3.95. The normalized spacial score (nSPS) is 10.5. The second-order valence-corrected chi connectivity index (χ2v) is 1.99. The number of nitrogen functional groups attached to an aromatic ring is 1. The second-order valence-electron chi connectivity index (χ2n) is 1.99. The van der Waals surface area contributed by atoms with Crippen LogP contribution in [-0.4, -0.2) is 4.98 Å². The lowest BCUT2D eigenvalue weighted by Crippen LogP contribution is -2.09. The first-order valence-electron chi connectivity index (χ1n) is 2.88. The van der Waals surface area contributed by atoms with Crippen LogP contribution in [0.25, 0.3) is 0 Å². The van der Waals surface area contributed by atoms with E-state index in [1.165, 1.54) is 0 Å². The summed E-state index contributed by atoms with van der Waals surface area (Å²) >= 11 is 0. The van der Waals surface area contributed by atoms with E-state index in [-0.39, 0.29) is 5.69 Å². The van der Waals surface area contributed by atoms with Crippen LogP contribution in [0.5, 0.6) is 0 Å². The minimum atomic E-state index is -2.73. The number of nitrogens with one attached hydrogen (secondary N) is 1. The van der Waals surface area contributed by atoms with Crippen LogP contribution in [0, 0.1) is 0 Å². The summed E-state index contributed by atoms with van der Waals surface area (Å²) < 4.78 is 23.9. The van der Waals surface area contributed by atoms with E-state index >= 15 is 0 Å². The van der Waals surface area contributed by atoms with Gasteiger partial charge < -0.3 is 10.7 Å². The Morgan fingerprint density at radius 1 is 1.45 bits per heavy atom. The van der Waals surface area contributed by atoms with E-state index in [4.69, 9.17) is 5.73 Å². The predicted octanol–water partition coefficient (Wildman–Crippen LogP) is 0.895. The van der Waals surface area contributed by atoms with Gasteiger partial charge in [0.2, 0.25) is 5.56 Å². The number of anilines is 1. The molecule has 0 saturated heterocycles. The fourth-order valence-corrected chi connectivity index (χ4v) is 0.682. The molecule has 0 aromatic carbocycles. The maximum Gasteiger partial charge on any atom is 0.280 e. The summed E-state index contributed by atoms with van der Waals surface area (Å²) in [5, 5.41) is 0. The fourth-order valence-electron chi connectivity index (χ4n) is 0.682. The van der Waals surface area contributed by atoms with Crippen LogP contribution in [0.1, 0.15) is 12.1 Å². The standard InChI is InChI=1S/C6H6F2N2O/c7-6(8)5-3(9)1-2-4(11)10-5/h1-2,6H,9H2,(H,10,11). The van der Waals surface area contributed by atoms with Crippen molar-refractivity contribution in [2.45, 2.75) is 6.43 Å². The number of nitrogens with two attached hydrogens (primary N) is 1. The maximum atomic E-state index is 12.0. The molecule has 1 rings (SSSR count). The Morgan fingerprint density at radius 3 is 2.55 bits per heavy atom. The van der Waals surface area contributed by atoms with Crippen LogP contribution >= 0.6 is 0 Å². The summed E-state index contributed by atoms with van der Waals surface area (Å²) in [5.74, 6) is 0. The largest absolute Gasteiger partial charge is 0.397 e. The Labute approximate surface area is 60.8 Å². The molecule has 1 aromatic heterocycles. The molecule has 0 spiro atoms. The Kier molecular flexibility index (Phi) is 1.89. The zero-order valence-corrected chi connectivity index (χ0v) is 5.47. The van der Waals surface area contributed by atoms with Crippen LogP contribution < -0.4 is 11.3 Å². The van der Waals surface area contributed by atoms with Gasteiger partial charge in [-0.2, -0.15) is 0 Å². The molecule has 11 heavy (non-hydrogen) atoms. The van der Waals surface area contributed by atoms with Crippen LogP contribution in [0.2, 0.25) is 0 Å². The molecule has 0 saturated carbocycles. The number of halogens is 2. The molecule has 0 amide bonds. The molecule has 1 heterocycles. The van der Waals surface area contributed by atoms with Gasteiger partial charge in [0.05, 0.1) is 5.69 Å². The minimum Gasteiger partial charge on any atom is -0.397 e. The number of rotatable bonds is 1. The third kappa shape index (κ3) is 1.54. The smallest absolute Gasteiger partial charge is 0.280 e. The van der Waals surface area contributed by atoms with Gasteiger partial charge in [0, 0.05) is 6.07 Å². The molecular formula is C6H6F2N2O. The van der Waals surface area contributed by atoms with Gasteiger partial charge in [-0.25, -0.2) is 8.78 Å². The van der Waals surface area contributed by atoms with Crippen molar-refractivity contribution in [2.24, 2.45) is 0 Å². The number of aromatic amines is 1. The highest BCUT2D eigenvalue weighted by Gasteiger charge is 2.10. The number of alkyl halides is 2. The number of H-pyrrole nitrogens is 1. The molecule has 0 bridgehead atoms. The van der Waals surface area contributed by atoms with Crippen molar-refractivity contribution in [1.82, 2.24) is 4.98 Å². The lowest BCUT2D eigenvalue weighted by atomic mass is 10.3. The van der Waals surface area contributed by atoms with Crippen LogP contribution in [-0.2, 0) is 0 Å². The lowest BCUT2D eigenvalue weighted by molar-refractivity contribution is 0.147. The van der Waals surface area contributed by atoms with Crippen molar-refractivity contribution < 1.29 is 8.78 Å². The minimum absolute atomic E-state index is 0.0976. The highest BCUT2D eigenvalue weighted by atomic mass is 19.3. The molecule has 0 aliphatic rings. The highest BCUT2D eigenvalue weighted by Crippen LogP contribution is 2.19. The molecule has 0 atom stereocenters. The first-order chi connectivity index (χ1) is 5.11. The van der Waals surface area contributed by atoms with Crippen molar-refractivity contribution in [3.63, 3.8) is 0 Å². The summed E-state index contributed by atoms with van der Waals surface area (Å²) in [7, 11) is 0. The molecule has 3 N–H and O–H groups in total. The zero-order valence-electron chi connectivity index (χ0n) is 5.47. The van der Waals surface area contributed by atoms with Gasteiger partial charge in [-0.1, -0.05) is 0 Å². The van der Waals surface area contributed by atoms with E-state index in [2.05, 4.69) is 0 Å². The SMILES string of the molecule is Nc1ccc(=O)[nH]c1C(F)F. The molecule has 0 aliphatic carbocycles. The van der Waals surface area contributed by atoms with Gasteiger partial charge in [0.15, 0.2) is 0 Å². The lowest BCUT2D eigenvalue weighted by Gasteiger charge is -2.01. The summed E-state index contributed by atoms with van der Waals surface area (Å²) in [6.07, 6.45) is -2.73. The molecule has 60 valence electrons. The monoisotopic (exact) mass is 160 g/mol. The van der Waals surface area contributed by atoms with Gasteiger partial charge in [0.25, 0.3) is 6.43 Å². The number of aromatic nitrogens is 1. The van der Waals surface area contributed by atoms with Crippen molar-refractivity contribution >= 4 is 5.69 Å². The van der Waals surface area contributed by atoms with Crippen molar-refractivity contribution in [3.8, 4) is 0 Å². The number of hydrogen-bond donors (Lipinski definition) is 2. The maximum absolute atomic E-state index is 12.0. The third-order valence-corrected chi connectivity index (χ3v) is 1.20. The summed E-state index contributed by atoms with van der Waals surface area (Å²) in [6, 6.07) is 2.25. The first kappa shape index (κ1) is 7.71. The van der Waals surface area contributed by atoms with E-state index in [0.29, 0.717) is 0 Å². The number of pyridine rings is 1. The second kappa shape index (κ2) is 2.69. The van der Waals surface area contributed by atoms with Gasteiger partial charge >= 0.3 is 0 Å². The fraction of sp³-hybridized carbons (Fsp3) is 0.167. The van der Waals surface area contributed by atoms with E-state index in [0.717, 1.165) is 12.1 Å². The molecule has 3 nitrogen and oxygen atoms in total. The Hall–Kier alpha value is -1.39.